The van der Waals surface area contributed by atoms with Crippen molar-refractivity contribution in [3.63, 3.8) is 0 Å². The van der Waals surface area contributed by atoms with Crippen LogP contribution in [0.4, 0.5) is 11.4 Å². The number of anilines is 1. The van der Waals surface area contributed by atoms with E-state index >= 15 is 0 Å². The van der Waals surface area contributed by atoms with Crippen molar-refractivity contribution in [1.82, 2.24) is 0 Å². The minimum atomic E-state index is 0.440. The molecule has 3 heteroatoms. The third kappa shape index (κ3) is 4.10. The molecule has 1 atom stereocenters. The first kappa shape index (κ1) is 16.4. The molecule has 0 spiro atoms. The number of hydrogen-bond donors (Lipinski definition) is 0. The van der Waals surface area contributed by atoms with Crippen LogP contribution in [0.25, 0.3) is 0 Å². The largest absolute Gasteiger partial charge is 0.375 e. The molecule has 2 aromatic rings. The van der Waals surface area contributed by atoms with Crippen molar-refractivity contribution in [2.24, 2.45) is 15.9 Å². The fourth-order valence-electron chi connectivity index (χ4n) is 3.00. The molecule has 124 valence electrons. The highest BCUT2D eigenvalue weighted by atomic mass is 15.1. The van der Waals surface area contributed by atoms with Crippen LogP contribution in [0.3, 0.4) is 0 Å². The number of fused-ring (bicyclic) bond motifs is 1. The normalized spacial score (nSPS) is 16.8. The van der Waals surface area contributed by atoms with Gasteiger partial charge in [-0.15, -0.1) is 0 Å². The first-order valence-corrected chi connectivity index (χ1v) is 8.66. The van der Waals surface area contributed by atoms with Crippen molar-refractivity contribution in [3.8, 4) is 0 Å². The summed E-state index contributed by atoms with van der Waals surface area (Å²) in [4.78, 5) is 11.6. The van der Waals surface area contributed by atoms with Crippen LogP contribution < -0.4 is 4.90 Å². The van der Waals surface area contributed by atoms with Gasteiger partial charge in [-0.25, -0.2) is 0 Å². The van der Waals surface area contributed by atoms with E-state index in [0.29, 0.717) is 5.92 Å². The molecule has 0 saturated heterocycles. The number of aliphatic imine (C=N–C) groups is 2. The SMILES string of the molecule is CC1Cc2ccccc2N=C1C=NCCCN(C)c1ccccc1. The Morgan fingerprint density at radius 2 is 1.88 bits per heavy atom. The van der Waals surface area contributed by atoms with Gasteiger partial charge in [-0.1, -0.05) is 43.3 Å². The van der Waals surface area contributed by atoms with E-state index in [4.69, 9.17) is 4.99 Å². The molecule has 0 radical (unpaired) electrons. The zero-order valence-corrected chi connectivity index (χ0v) is 14.5. The predicted octanol–water partition coefficient (Wildman–Crippen LogP) is 4.55. The van der Waals surface area contributed by atoms with Gasteiger partial charge in [-0.05, 0) is 36.6 Å². The Labute approximate surface area is 144 Å². The van der Waals surface area contributed by atoms with Crippen LogP contribution in [0.5, 0.6) is 0 Å². The minimum Gasteiger partial charge on any atom is -0.375 e. The standard InChI is InChI=1S/C21H25N3/c1-17-15-18-9-6-7-12-20(18)23-21(17)16-22-13-8-14-24(2)19-10-4-3-5-11-19/h3-7,9-12,16-17H,8,13-15H2,1-2H3. The fraction of sp³-hybridized carbons (Fsp3) is 0.333. The molecule has 0 aliphatic carbocycles. The summed E-state index contributed by atoms with van der Waals surface area (Å²) in [7, 11) is 2.13. The lowest BCUT2D eigenvalue weighted by Gasteiger charge is -2.19. The summed E-state index contributed by atoms with van der Waals surface area (Å²) in [5, 5.41) is 0. The summed E-state index contributed by atoms with van der Waals surface area (Å²) in [6, 6.07) is 18.9. The number of para-hydroxylation sites is 2. The Hall–Kier alpha value is -2.42. The van der Waals surface area contributed by atoms with Crippen molar-refractivity contribution in [2.75, 3.05) is 25.0 Å². The number of benzene rings is 2. The van der Waals surface area contributed by atoms with Crippen LogP contribution >= 0.6 is 0 Å². The van der Waals surface area contributed by atoms with E-state index in [0.717, 1.165) is 37.3 Å². The van der Waals surface area contributed by atoms with Gasteiger partial charge in [0.05, 0.1) is 11.4 Å². The number of rotatable bonds is 6. The topological polar surface area (TPSA) is 28.0 Å². The molecule has 0 aromatic heterocycles. The summed E-state index contributed by atoms with van der Waals surface area (Å²) < 4.78 is 0. The summed E-state index contributed by atoms with van der Waals surface area (Å²) in [5.41, 5.74) is 4.79. The lowest BCUT2D eigenvalue weighted by Crippen LogP contribution is -2.20. The quantitative estimate of drug-likeness (QED) is 0.567. The molecule has 3 rings (SSSR count). The van der Waals surface area contributed by atoms with Crippen LogP contribution in [-0.4, -0.2) is 32.1 Å². The molecule has 0 N–H and O–H groups in total. The van der Waals surface area contributed by atoms with Crippen LogP contribution in [0.2, 0.25) is 0 Å². The molecule has 0 saturated carbocycles. The maximum absolute atomic E-state index is 4.76. The number of nitrogens with zero attached hydrogens (tertiary/aromatic N) is 3. The second kappa shape index (κ2) is 7.91. The monoisotopic (exact) mass is 319 g/mol. The van der Waals surface area contributed by atoms with E-state index in [2.05, 4.69) is 66.3 Å². The van der Waals surface area contributed by atoms with Crippen LogP contribution in [-0.2, 0) is 6.42 Å². The first-order valence-electron chi connectivity index (χ1n) is 8.66. The van der Waals surface area contributed by atoms with Crippen LogP contribution in [0.1, 0.15) is 18.9 Å². The molecule has 3 nitrogen and oxygen atoms in total. The average molecular weight is 319 g/mol. The Balaban J connectivity index is 1.51. The zero-order valence-electron chi connectivity index (χ0n) is 14.5. The minimum absolute atomic E-state index is 0.440. The Morgan fingerprint density at radius 3 is 2.71 bits per heavy atom. The molecule has 1 aliphatic rings. The summed E-state index contributed by atoms with van der Waals surface area (Å²) in [6.45, 7) is 4.07. The lowest BCUT2D eigenvalue weighted by atomic mass is 9.93. The second-order valence-corrected chi connectivity index (χ2v) is 6.42. The highest BCUT2D eigenvalue weighted by Crippen LogP contribution is 2.27. The molecule has 0 bridgehead atoms. The van der Waals surface area contributed by atoms with Crippen molar-refractivity contribution >= 4 is 23.3 Å². The van der Waals surface area contributed by atoms with Gasteiger partial charge in [0, 0.05) is 38.0 Å². The van der Waals surface area contributed by atoms with E-state index in [1.165, 1.54) is 11.3 Å². The van der Waals surface area contributed by atoms with Gasteiger partial charge in [0.15, 0.2) is 0 Å². The van der Waals surface area contributed by atoms with Gasteiger partial charge in [-0.3, -0.25) is 9.98 Å². The average Bonchev–Trinajstić information content (AvgIpc) is 2.62. The zero-order chi connectivity index (χ0) is 16.8. The van der Waals surface area contributed by atoms with Crippen molar-refractivity contribution in [2.45, 2.75) is 19.8 Å². The third-order valence-electron chi connectivity index (χ3n) is 4.47. The lowest BCUT2D eigenvalue weighted by molar-refractivity contribution is 0.760. The van der Waals surface area contributed by atoms with Gasteiger partial charge >= 0.3 is 0 Å². The summed E-state index contributed by atoms with van der Waals surface area (Å²) >= 11 is 0. The van der Waals surface area contributed by atoms with E-state index in [-0.39, 0.29) is 0 Å². The Morgan fingerprint density at radius 1 is 1.12 bits per heavy atom. The van der Waals surface area contributed by atoms with E-state index in [1.807, 2.05) is 18.3 Å². The number of hydrogen-bond acceptors (Lipinski definition) is 3. The van der Waals surface area contributed by atoms with Crippen molar-refractivity contribution in [3.05, 3.63) is 60.2 Å². The molecule has 1 aliphatic heterocycles. The molecular weight excluding hydrogens is 294 g/mol. The maximum Gasteiger partial charge on any atom is 0.0665 e. The molecule has 2 aromatic carbocycles. The van der Waals surface area contributed by atoms with Gasteiger partial charge < -0.3 is 4.90 Å². The fourth-order valence-corrected chi connectivity index (χ4v) is 3.00. The van der Waals surface area contributed by atoms with Crippen LogP contribution in [0, 0.1) is 5.92 Å². The predicted molar refractivity (Wildman–Crippen MR) is 104 cm³/mol. The van der Waals surface area contributed by atoms with Gasteiger partial charge in [0.1, 0.15) is 0 Å². The highest BCUT2D eigenvalue weighted by molar-refractivity contribution is 6.32. The van der Waals surface area contributed by atoms with Crippen molar-refractivity contribution < 1.29 is 0 Å². The van der Waals surface area contributed by atoms with Gasteiger partial charge in [-0.2, -0.15) is 0 Å². The summed E-state index contributed by atoms with van der Waals surface area (Å²) in [6.07, 6.45) is 4.07. The van der Waals surface area contributed by atoms with Gasteiger partial charge in [0.2, 0.25) is 0 Å². The molecular formula is C21H25N3. The summed E-state index contributed by atoms with van der Waals surface area (Å²) in [5.74, 6) is 0.440. The van der Waals surface area contributed by atoms with Crippen molar-refractivity contribution in [1.29, 1.82) is 0 Å². The maximum atomic E-state index is 4.76. The van der Waals surface area contributed by atoms with E-state index in [9.17, 15) is 0 Å². The smallest absolute Gasteiger partial charge is 0.0665 e. The van der Waals surface area contributed by atoms with Gasteiger partial charge in [0.25, 0.3) is 0 Å². The Bertz CT molecular complexity index is 719. The second-order valence-electron chi connectivity index (χ2n) is 6.42. The molecule has 1 heterocycles. The Kier molecular flexibility index (Phi) is 5.42. The molecule has 1 unspecified atom stereocenters. The molecule has 24 heavy (non-hydrogen) atoms. The highest BCUT2D eigenvalue weighted by Gasteiger charge is 2.17. The third-order valence-corrected chi connectivity index (χ3v) is 4.47. The first-order chi connectivity index (χ1) is 11.7. The molecule has 0 fully saturated rings. The van der Waals surface area contributed by atoms with E-state index < -0.39 is 0 Å². The molecule has 0 amide bonds. The van der Waals surface area contributed by atoms with Crippen LogP contribution in [0.15, 0.2) is 64.6 Å². The van der Waals surface area contributed by atoms with E-state index in [1.54, 1.807) is 0 Å².